The summed E-state index contributed by atoms with van der Waals surface area (Å²) in [5.74, 6) is 1.03. The van der Waals surface area contributed by atoms with E-state index in [1.54, 1.807) is 4.90 Å². The van der Waals surface area contributed by atoms with Crippen molar-refractivity contribution in [3.63, 3.8) is 0 Å². The standard InChI is InChI=1S/C16H26N2O2/c1-4-20-15-10-8-14(9-11-15)12-18(3)16(19)7-5-6-13(2)17/h8-11,13H,4-7,12,17H2,1-3H3. The molecule has 0 radical (unpaired) electrons. The zero-order valence-corrected chi connectivity index (χ0v) is 12.8. The minimum absolute atomic E-state index is 0.166. The fourth-order valence-corrected chi connectivity index (χ4v) is 1.99. The number of ether oxygens (including phenoxy) is 1. The van der Waals surface area contributed by atoms with E-state index in [0.29, 0.717) is 19.6 Å². The van der Waals surface area contributed by atoms with Crippen LogP contribution in [-0.4, -0.2) is 30.5 Å². The molecule has 0 aliphatic rings. The Morgan fingerprint density at radius 3 is 2.55 bits per heavy atom. The number of hydrogen-bond donors (Lipinski definition) is 1. The molecule has 0 aliphatic heterocycles. The first-order valence-corrected chi connectivity index (χ1v) is 7.24. The van der Waals surface area contributed by atoms with Gasteiger partial charge in [0.25, 0.3) is 0 Å². The van der Waals surface area contributed by atoms with E-state index in [2.05, 4.69) is 0 Å². The van der Waals surface area contributed by atoms with Crippen LogP contribution in [0.25, 0.3) is 0 Å². The fourth-order valence-electron chi connectivity index (χ4n) is 1.99. The number of benzene rings is 1. The number of carbonyl (C=O) groups is 1. The van der Waals surface area contributed by atoms with E-state index in [4.69, 9.17) is 10.5 Å². The second-order valence-electron chi connectivity index (χ2n) is 5.20. The molecule has 4 heteroatoms. The van der Waals surface area contributed by atoms with Gasteiger partial charge in [-0.15, -0.1) is 0 Å². The van der Waals surface area contributed by atoms with Crippen LogP contribution in [-0.2, 0) is 11.3 Å². The van der Waals surface area contributed by atoms with E-state index in [-0.39, 0.29) is 11.9 Å². The molecule has 0 saturated heterocycles. The smallest absolute Gasteiger partial charge is 0.222 e. The number of nitrogens with zero attached hydrogens (tertiary/aromatic N) is 1. The van der Waals surface area contributed by atoms with E-state index < -0.39 is 0 Å². The van der Waals surface area contributed by atoms with Crippen molar-refractivity contribution < 1.29 is 9.53 Å². The third-order valence-electron chi connectivity index (χ3n) is 3.13. The van der Waals surface area contributed by atoms with Crippen molar-refractivity contribution in [2.75, 3.05) is 13.7 Å². The Kier molecular flexibility index (Phi) is 7.09. The summed E-state index contributed by atoms with van der Waals surface area (Å²) < 4.78 is 5.40. The Balaban J connectivity index is 2.40. The summed E-state index contributed by atoms with van der Waals surface area (Å²) in [7, 11) is 1.84. The van der Waals surface area contributed by atoms with Gasteiger partial charge < -0.3 is 15.4 Å². The second-order valence-corrected chi connectivity index (χ2v) is 5.20. The Morgan fingerprint density at radius 2 is 2.00 bits per heavy atom. The van der Waals surface area contributed by atoms with Crippen LogP contribution < -0.4 is 10.5 Å². The Hall–Kier alpha value is -1.55. The van der Waals surface area contributed by atoms with Gasteiger partial charge in [0, 0.05) is 26.1 Å². The van der Waals surface area contributed by atoms with Crippen molar-refractivity contribution in [3.05, 3.63) is 29.8 Å². The van der Waals surface area contributed by atoms with E-state index >= 15 is 0 Å². The maximum absolute atomic E-state index is 12.0. The number of carbonyl (C=O) groups excluding carboxylic acids is 1. The number of rotatable bonds is 8. The molecule has 0 spiro atoms. The monoisotopic (exact) mass is 278 g/mol. The molecule has 1 rings (SSSR count). The molecule has 2 N–H and O–H groups in total. The van der Waals surface area contributed by atoms with E-state index in [9.17, 15) is 4.79 Å². The molecule has 1 aromatic rings. The maximum atomic E-state index is 12.0. The Labute approximate surface area is 121 Å². The summed E-state index contributed by atoms with van der Waals surface area (Å²) in [5.41, 5.74) is 6.79. The summed E-state index contributed by atoms with van der Waals surface area (Å²) in [5, 5.41) is 0. The van der Waals surface area contributed by atoms with E-state index in [0.717, 1.165) is 24.2 Å². The van der Waals surface area contributed by atoms with Crippen LogP contribution in [0.3, 0.4) is 0 Å². The lowest BCUT2D eigenvalue weighted by Gasteiger charge is -2.18. The molecular formula is C16H26N2O2. The number of nitrogens with two attached hydrogens (primary N) is 1. The van der Waals surface area contributed by atoms with Gasteiger partial charge in [-0.2, -0.15) is 0 Å². The first kappa shape index (κ1) is 16.5. The predicted octanol–water partition coefficient (Wildman–Crippen LogP) is 2.56. The van der Waals surface area contributed by atoms with Crippen LogP contribution in [0.1, 0.15) is 38.7 Å². The largest absolute Gasteiger partial charge is 0.494 e. The van der Waals surface area contributed by atoms with Crippen LogP contribution in [0.4, 0.5) is 0 Å². The van der Waals surface area contributed by atoms with Crippen molar-refractivity contribution in [3.8, 4) is 5.75 Å². The third-order valence-corrected chi connectivity index (χ3v) is 3.13. The second kappa shape index (κ2) is 8.59. The van der Waals surface area contributed by atoms with E-state index in [1.165, 1.54) is 0 Å². The molecule has 0 saturated carbocycles. The highest BCUT2D eigenvalue weighted by atomic mass is 16.5. The van der Waals surface area contributed by atoms with Crippen LogP contribution >= 0.6 is 0 Å². The minimum Gasteiger partial charge on any atom is -0.494 e. The van der Waals surface area contributed by atoms with Gasteiger partial charge in [0.05, 0.1) is 6.61 Å². The van der Waals surface area contributed by atoms with Gasteiger partial charge in [-0.1, -0.05) is 12.1 Å². The lowest BCUT2D eigenvalue weighted by Crippen LogP contribution is -2.26. The van der Waals surface area contributed by atoms with Crippen molar-refractivity contribution in [1.82, 2.24) is 4.90 Å². The fraction of sp³-hybridized carbons (Fsp3) is 0.562. The maximum Gasteiger partial charge on any atom is 0.222 e. The van der Waals surface area contributed by atoms with Gasteiger partial charge >= 0.3 is 0 Å². The normalized spacial score (nSPS) is 12.0. The Bertz CT molecular complexity index is 401. The summed E-state index contributed by atoms with van der Waals surface area (Å²) in [6.45, 7) is 5.22. The number of amides is 1. The lowest BCUT2D eigenvalue weighted by atomic mass is 10.1. The molecular weight excluding hydrogens is 252 g/mol. The molecule has 1 unspecified atom stereocenters. The Morgan fingerprint density at radius 1 is 1.35 bits per heavy atom. The third kappa shape index (κ3) is 6.06. The molecule has 0 fully saturated rings. The van der Waals surface area contributed by atoms with Gasteiger partial charge in [-0.25, -0.2) is 0 Å². The molecule has 1 aromatic carbocycles. The van der Waals surface area contributed by atoms with Gasteiger partial charge in [0.15, 0.2) is 0 Å². The average molecular weight is 278 g/mol. The molecule has 1 amide bonds. The number of hydrogen-bond acceptors (Lipinski definition) is 3. The molecule has 0 aromatic heterocycles. The quantitative estimate of drug-likeness (QED) is 0.795. The highest BCUT2D eigenvalue weighted by molar-refractivity contribution is 5.75. The summed E-state index contributed by atoms with van der Waals surface area (Å²) in [6.07, 6.45) is 2.31. The first-order chi connectivity index (χ1) is 9.52. The van der Waals surface area contributed by atoms with Crippen LogP contribution in [0.2, 0.25) is 0 Å². The topological polar surface area (TPSA) is 55.6 Å². The molecule has 4 nitrogen and oxygen atoms in total. The highest BCUT2D eigenvalue weighted by Crippen LogP contribution is 2.14. The molecule has 112 valence electrons. The van der Waals surface area contributed by atoms with Gasteiger partial charge in [0.1, 0.15) is 5.75 Å². The van der Waals surface area contributed by atoms with Gasteiger partial charge in [-0.3, -0.25) is 4.79 Å². The van der Waals surface area contributed by atoms with Crippen LogP contribution in [0, 0.1) is 0 Å². The molecule has 1 atom stereocenters. The van der Waals surface area contributed by atoms with Crippen LogP contribution in [0.15, 0.2) is 24.3 Å². The first-order valence-electron chi connectivity index (χ1n) is 7.24. The summed E-state index contributed by atoms with van der Waals surface area (Å²) >= 11 is 0. The van der Waals surface area contributed by atoms with Gasteiger partial charge in [0.2, 0.25) is 5.91 Å². The minimum atomic E-state index is 0.166. The van der Waals surface area contributed by atoms with Crippen molar-refractivity contribution >= 4 is 5.91 Å². The van der Waals surface area contributed by atoms with Crippen LogP contribution in [0.5, 0.6) is 5.75 Å². The van der Waals surface area contributed by atoms with Gasteiger partial charge in [-0.05, 0) is 44.4 Å². The predicted molar refractivity (Wildman–Crippen MR) is 81.6 cm³/mol. The molecule has 0 aliphatic carbocycles. The van der Waals surface area contributed by atoms with E-state index in [1.807, 2.05) is 45.2 Å². The zero-order valence-electron chi connectivity index (χ0n) is 12.8. The lowest BCUT2D eigenvalue weighted by molar-refractivity contribution is -0.130. The average Bonchev–Trinajstić information content (AvgIpc) is 2.40. The molecule has 20 heavy (non-hydrogen) atoms. The van der Waals surface area contributed by atoms with Crippen molar-refractivity contribution in [2.45, 2.75) is 45.7 Å². The SMILES string of the molecule is CCOc1ccc(CN(C)C(=O)CCCC(C)N)cc1. The summed E-state index contributed by atoms with van der Waals surface area (Å²) in [6, 6.07) is 8.03. The van der Waals surface area contributed by atoms with Crippen molar-refractivity contribution in [2.24, 2.45) is 5.73 Å². The molecule has 0 bridgehead atoms. The highest BCUT2D eigenvalue weighted by Gasteiger charge is 2.09. The summed E-state index contributed by atoms with van der Waals surface area (Å²) in [4.78, 5) is 13.7. The van der Waals surface area contributed by atoms with Crippen molar-refractivity contribution in [1.29, 1.82) is 0 Å². The molecule has 0 heterocycles. The zero-order chi connectivity index (χ0) is 15.0.